The van der Waals surface area contributed by atoms with Gasteiger partial charge in [-0.25, -0.2) is 0 Å². The van der Waals surface area contributed by atoms with Gasteiger partial charge in [-0.05, 0) is 75.0 Å². The Bertz CT molecular complexity index is 1550. The van der Waals surface area contributed by atoms with Gasteiger partial charge in [0.25, 0.3) is 0 Å². The summed E-state index contributed by atoms with van der Waals surface area (Å²) >= 11 is 3.53. The monoisotopic (exact) mass is 578 g/mol. The molecule has 1 heteroatoms. The average Bonchev–Trinajstić information content (AvgIpc) is 3.03. The average molecular weight is 580 g/mol. The van der Waals surface area contributed by atoms with Crippen LogP contribution in [0, 0.1) is 0 Å². The molecule has 0 amide bonds. The van der Waals surface area contributed by atoms with Crippen LogP contribution in [0.4, 0.5) is 0 Å². The van der Waals surface area contributed by atoms with Gasteiger partial charge in [-0.15, -0.1) is 0 Å². The highest BCUT2D eigenvalue weighted by atomic mass is 79.9. The molecular weight excluding hydrogens is 548 g/mol. The molecule has 0 fully saturated rings. The minimum absolute atomic E-state index is 0.320. The lowest BCUT2D eigenvalue weighted by Crippen LogP contribution is -2.03. The molecule has 0 spiro atoms. The van der Waals surface area contributed by atoms with Crippen molar-refractivity contribution in [2.75, 3.05) is 0 Å². The highest BCUT2D eigenvalue weighted by molar-refractivity contribution is 9.10. The van der Waals surface area contributed by atoms with Gasteiger partial charge in [0, 0.05) is 10.4 Å². The molecule has 6 aromatic carbocycles. The first-order valence-corrected chi connectivity index (χ1v) is 14.7. The van der Waals surface area contributed by atoms with Crippen LogP contribution >= 0.6 is 15.9 Å². The van der Waals surface area contributed by atoms with Gasteiger partial charge >= 0.3 is 0 Å². The second kappa shape index (κ2) is 12.3. The molecule has 0 atom stereocenters. The summed E-state index contributed by atoms with van der Waals surface area (Å²) in [7, 11) is 0. The number of aryl methyl sites for hydroxylation is 1. The van der Waals surface area contributed by atoms with Crippen molar-refractivity contribution in [2.24, 2.45) is 0 Å². The molecule has 0 saturated carbocycles. The molecule has 0 radical (unpaired) electrons. The van der Waals surface area contributed by atoms with Crippen LogP contribution in [0.1, 0.15) is 29.0 Å². The molecule has 0 heterocycles. The van der Waals surface area contributed by atoms with Gasteiger partial charge in [0.2, 0.25) is 0 Å². The Hall–Kier alpha value is -4.20. The predicted octanol–water partition coefficient (Wildman–Crippen LogP) is 11.2. The fourth-order valence-corrected chi connectivity index (χ4v) is 5.68. The van der Waals surface area contributed by atoms with Crippen molar-refractivity contribution in [3.05, 3.63) is 179 Å². The maximum absolute atomic E-state index is 3.53. The molecule has 194 valence electrons. The summed E-state index contributed by atoms with van der Waals surface area (Å²) in [6.07, 6.45) is 2.07. The fourth-order valence-electron chi connectivity index (χ4n) is 5.42. The van der Waals surface area contributed by atoms with Gasteiger partial charge in [-0.1, -0.05) is 162 Å². The Morgan fingerprint density at radius 2 is 0.725 bits per heavy atom. The second-order valence-corrected chi connectivity index (χ2v) is 11.2. The largest absolute Gasteiger partial charge is 0.0622 e. The van der Waals surface area contributed by atoms with Crippen LogP contribution in [0.2, 0.25) is 0 Å². The topological polar surface area (TPSA) is 0 Å². The van der Waals surface area contributed by atoms with Crippen LogP contribution in [0.5, 0.6) is 0 Å². The van der Waals surface area contributed by atoms with E-state index in [2.05, 4.69) is 174 Å². The van der Waals surface area contributed by atoms with E-state index in [9.17, 15) is 0 Å². The molecule has 0 unspecified atom stereocenters. The van der Waals surface area contributed by atoms with Gasteiger partial charge in [-0.3, -0.25) is 0 Å². The zero-order valence-corrected chi connectivity index (χ0v) is 24.0. The van der Waals surface area contributed by atoms with Crippen LogP contribution in [-0.4, -0.2) is 0 Å². The summed E-state index contributed by atoms with van der Waals surface area (Å²) in [6.45, 7) is 0. The molecule has 0 bridgehead atoms. The molecule has 0 aliphatic heterocycles. The number of halogens is 1. The van der Waals surface area contributed by atoms with Crippen LogP contribution in [-0.2, 0) is 6.42 Å². The van der Waals surface area contributed by atoms with E-state index < -0.39 is 0 Å². The molecule has 0 aliphatic rings. The standard InChI is InChI=1S/C39H31Br/c40-38-26-24-35(25-27-38)32-14-11-29(12-15-32)13-28-39(36-20-16-33(17-21-36)30-7-3-1-4-8-30)37-22-18-34(19-23-37)31-9-5-2-6-10-31/h1-12,14-27,39H,13,28H2. The molecular formula is C39H31Br. The van der Waals surface area contributed by atoms with Crippen molar-refractivity contribution in [2.45, 2.75) is 18.8 Å². The summed E-state index contributed by atoms with van der Waals surface area (Å²) in [5, 5.41) is 0. The minimum Gasteiger partial charge on any atom is -0.0622 e. The quantitative estimate of drug-likeness (QED) is 0.168. The number of hydrogen-bond acceptors (Lipinski definition) is 0. The summed E-state index contributed by atoms with van der Waals surface area (Å²) in [5.74, 6) is 0.320. The third-order valence-electron chi connectivity index (χ3n) is 7.69. The summed E-state index contributed by atoms with van der Waals surface area (Å²) in [4.78, 5) is 0. The third kappa shape index (κ3) is 6.17. The molecule has 0 aliphatic carbocycles. The van der Waals surface area contributed by atoms with E-state index in [1.807, 2.05) is 0 Å². The second-order valence-electron chi connectivity index (χ2n) is 10.3. The first-order valence-electron chi connectivity index (χ1n) is 13.9. The van der Waals surface area contributed by atoms with Crippen LogP contribution in [0.15, 0.2) is 162 Å². The highest BCUT2D eigenvalue weighted by Crippen LogP contribution is 2.33. The van der Waals surface area contributed by atoms with Crippen molar-refractivity contribution in [3.63, 3.8) is 0 Å². The van der Waals surface area contributed by atoms with E-state index in [-0.39, 0.29) is 0 Å². The Balaban J connectivity index is 1.25. The third-order valence-corrected chi connectivity index (χ3v) is 8.22. The lowest BCUT2D eigenvalue weighted by atomic mass is 9.85. The van der Waals surface area contributed by atoms with Crippen LogP contribution in [0.25, 0.3) is 33.4 Å². The fraction of sp³-hybridized carbons (Fsp3) is 0.0769. The summed E-state index contributed by atoms with van der Waals surface area (Å²) in [6, 6.07) is 57.1. The Labute approximate surface area is 246 Å². The van der Waals surface area contributed by atoms with Gasteiger partial charge in [0.15, 0.2) is 0 Å². The Morgan fingerprint density at radius 1 is 0.375 bits per heavy atom. The normalized spacial score (nSPS) is 11.1. The summed E-state index contributed by atoms with van der Waals surface area (Å²) < 4.78 is 1.10. The van der Waals surface area contributed by atoms with Crippen molar-refractivity contribution in [1.29, 1.82) is 0 Å². The Morgan fingerprint density at radius 3 is 1.15 bits per heavy atom. The smallest absolute Gasteiger partial charge is 0.0175 e. The molecule has 40 heavy (non-hydrogen) atoms. The molecule has 0 N–H and O–H groups in total. The molecule has 0 nitrogen and oxygen atoms in total. The lowest BCUT2D eigenvalue weighted by molar-refractivity contribution is 0.715. The molecule has 0 aromatic heterocycles. The van der Waals surface area contributed by atoms with Gasteiger partial charge < -0.3 is 0 Å². The molecule has 0 saturated heterocycles. The van der Waals surface area contributed by atoms with Crippen LogP contribution < -0.4 is 0 Å². The van der Waals surface area contributed by atoms with E-state index in [4.69, 9.17) is 0 Å². The van der Waals surface area contributed by atoms with E-state index >= 15 is 0 Å². The number of rotatable bonds is 8. The number of hydrogen-bond donors (Lipinski definition) is 0. The number of benzene rings is 6. The first kappa shape index (κ1) is 26.0. The van der Waals surface area contributed by atoms with E-state index in [1.165, 1.54) is 50.1 Å². The maximum atomic E-state index is 3.53. The van der Waals surface area contributed by atoms with Gasteiger partial charge in [-0.2, -0.15) is 0 Å². The summed E-state index contributed by atoms with van der Waals surface area (Å²) in [5.41, 5.74) is 11.6. The van der Waals surface area contributed by atoms with Crippen molar-refractivity contribution >= 4 is 15.9 Å². The molecule has 6 rings (SSSR count). The van der Waals surface area contributed by atoms with Crippen molar-refractivity contribution < 1.29 is 0 Å². The zero-order valence-electron chi connectivity index (χ0n) is 22.4. The molecule has 6 aromatic rings. The predicted molar refractivity (Wildman–Crippen MR) is 173 cm³/mol. The minimum atomic E-state index is 0.320. The maximum Gasteiger partial charge on any atom is 0.0175 e. The first-order chi connectivity index (χ1) is 19.7. The zero-order chi connectivity index (χ0) is 27.1. The van der Waals surface area contributed by atoms with E-state index in [0.29, 0.717) is 5.92 Å². The van der Waals surface area contributed by atoms with Crippen molar-refractivity contribution in [3.8, 4) is 33.4 Å². The highest BCUT2D eigenvalue weighted by Gasteiger charge is 2.15. The Kier molecular flexibility index (Phi) is 8.02. The van der Waals surface area contributed by atoms with Crippen molar-refractivity contribution in [1.82, 2.24) is 0 Å². The van der Waals surface area contributed by atoms with Gasteiger partial charge in [0.1, 0.15) is 0 Å². The van der Waals surface area contributed by atoms with Crippen LogP contribution in [0.3, 0.4) is 0 Å². The van der Waals surface area contributed by atoms with E-state index in [1.54, 1.807) is 0 Å². The lowest BCUT2D eigenvalue weighted by Gasteiger charge is -2.19. The SMILES string of the molecule is Brc1ccc(-c2ccc(CCC(c3ccc(-c4ccccc4)cc3)c3ccc(-c4ccccc4)cc3)cc2)cc1. The van der Waals surface area contributed by atoms with E-state index in [0.717, 1.165) is 17.3 Å². The van der Waals surface area contributed by atoms with Gasteiger partial charge in [0.05, 0.1) is 0 Å².